The Morgan fingerprint density at radius 2 is 1.52 bits per heavy atom. The Morgan fingerprint density at radius 1 is 0.828 bits per heavy atom. The van der Waals surface area contributed by atoms with Crippen LogP contribution in [0.3, 0.4) is 0 Å². The molecule has 0 spiro atoms. The van der Waals surface area contributed by atoms with E-state index in [4.69, 9.17) is 14.2 Å². The number of likely N-dealkylation sites (N-methyl/N-ethyl adjacent to an activating group) is 1. The fraction of sp³-hybridized carbons (Fsp3) is 0.208. The summed E-state index contributed by atoms with van der Waals surface area (Å²) < 4.78 is 16.5. The predicted molar refractivity (Wildman–Crippen MR) is 113 cm³/mol. The van der Waals surface area contributed by atoms with E-state index in [9.17, 15) is 4.79 Å². The van der Waals surface area contributed by atoms with Gasteiger partial charge >= 0.3 is 0 Å². The van der Waals surface area contributed by atoms with Gasteiger partial charge in [-0.05, 0) is 48.4 Å². The topological polar surface area (TPSA) is 48.0 Å². The molecule has 0 aliphatic heterocycles. The maximum Gasteiger partial charge on any atom is 0.257 e. The third kappa shape index (κ3) is 5.08. The Bertz CT molecular complexity index is 956. The van der Waals surface area contributed by atoms with Crippen LogP contribution in [0.1, 0.15) is 15.9 Å². The number of carbonyl (C=O) groups excluding carboxylic acids is 1. The molecule has 0 saturated carbocycles. The summed E-state index contributed by atoms with van der Waals surface area (Å²) in [5, 5.41) is 0. The van der Waals surface area contributed by atoms with E-state index in [0.717, 1.165) is 5.56 Å². The molecule has 0 saturated heterocycles. The zero-order valence-electron chi connectivity index (χ0n) is 16.9. The van der Waals surface area contributed by atoms with E-state index in [1.54, 1.807) is 32.2 Å². The van der Waals surface area contributed by atoms with E-state index in [1.807, 2.05) is 66.7 Å². The number of amides is 1. The summed E-state index contributed by atoms with van der Waals surface area (Å²) in [6, 6.07) is 22.5. The van der Waals surface area contributed by atoms with Gasteiger partial charge in [-0.2, -0.15) is 0 Å². The average molecular weight is 391 g/mol. The Balaban J connectivity index is 1.69. The molecule has 1 amide bonds. The SMILES string of the molecule is COc1ccc(CCN(C)C(=O)c2ccccc2Oc2ccccc2)cc1OC. The maximum absolute atomic E-state index is 13.0. The van der Waals surface area contributed by atoms with Gasteiger partial charge in [0.15, 0.2) is 11.5 Å². The van der Waals surface area contributed by atoms with Gasteiger partial charge in [-0.1, -0.05) is 36.4 Å². The minimum absolute atomic E-state index is 0.0861. The van der Waals surface area contributed by atoms with Crippen molar-refractivity contribution in [3.63, 3.8) is 0 Å². The lowest BCUT2D eigenvalue weighted by atomic mass is 10.1. The summed E-state index contributed by atoms with van der Waals surface area (Å²) >= 11 is 0. The normalized spacial score (nSPS) is 10.3. The Kier molecular flexibility index (Phi) is 6.74. The molecule has 0 heterocycles. The van der Waals surface area contributed by atoms with Crippen molar-refractivity contribution in [2.24, 2.45) is 0 Å². The minimum atomic E-state index is -0.0861. The minimum Gasteiger partial charge on any atom is -0.493 e. The van der Waals surface area contributed by atoms with Crippen LogP contribution in [0.15, 0.2) is 72.8 Å². The van der Waals surface area contributed by atoms with Gasteiger partial charge in [0.2, 0.25) is 0 Å². The van der Waals surface area contributed by atoms with Crippen LogP contribution in [0.2, 0.25) is 0 Å². The van der Waals surface area contributed by atoms with Gasteiger partial charge in [-0.15, -0.1) is 0 Å². The van der Waals surface area contributed by atoms with Gasteiger partial charge in [-0.3, -0.25) is 4.79 Å². The Labute approximate surface area is 171 Å². The monoisotopic (exact) mass is 391 g/mol. The van der Waals surface area contributed by atoms with Crippen LogP contribution < -0.4 is 14.2 Å². The molecule has 29 heavy (non-hydrogen) atoms. The third-order valence-electron chi connectivity index (χ3n) is 4.62. The van der Waals surface area contributed by atoms with Gasteiger partial charge in [0.1, 0.15) is 11.5 Å². The number of hydrogen-bond donors (Lipinski definition) is 0. The molecule has 3 aromatic rings. The first kappa shape index (κ1) is 20.3. The highest BCUT2D eigenvalue weighted by Crippen LogP contribution is 2.28. The Morgan fingerprint density at radius 3 is 2.24 bits per heavy atom. The maximum atomic E-state index is 13.0. The van der Waals surface area contributed by atoms with Crippen molar-refractivity contribution in [2.45, 2.75) is 6.42 Å². The second kappa shape index (κ2) is 9.64. The number of rotatable bonds is 8. The fourth-order valence-corrected chi connectivity index (χ4v) is 2.99. The molecule has 0 aliphatic rings. The molecule has 0 aromatic heterocycles. The summed E-state index contributed by atoms with van der Waals surface area (Å²) in [7, 11) is 5.02. The molecule has 0 atom stereocenters. The van der Waals surface area contributed by atoms with Crippen molar-refractivity contribution in [3.8, 4) is 23.0 Å². The van der Waals surface area contributed by atoms with Crippen LogP contribution in [-0.4, -0.2) is 38.6 Å². The van der Waals surface area contributed by atoms with E-state index >= 15 is 0 Å². The number of hydrogen-bond acceptors (Lipinski definition) is 4. The van der Waals surface area contributed by atoms with Gasteiger partial charge in [0.25, 0.3) is 5.91 Å². The smallest absolute Gasteiger partial charge is 0.257 e. The largest absolute Gasteiger partial charge is 0.493 e. The van der Waals surface area contributed by atoms with E-state index in [0.29, 0.717) is 41.5 Å². The standard InChI is InChI=1S/C24H25NO4/c1-25(16-15-18-13-14-22(27-2)23(17-18)28-3)24(26)20-11-7-8-12-21(20)29-19-9-5-4-6-10-19/h4-14,17H,15-16H2,1-3H3. The highest BCUT2D eigenvalue weighted by molar-refractivity contribution is 5.96. The molecule has 0 aliphatic carbocycles. The lowest BCUT2D eigenvalue weighted by Gasteiger charge is -2.19. The van der Waals surface area contributed by atoms with Crippen LogP contribution in [0.4, 0.5) is 0 Å². The van der Waals surface area contributed by atoms with Crippen LogP contribution >= 0.6 is 0 Å². The second-order valence-corrected chi connectivity index (χ2v) is 6.58. The van der Waals surface area contributed by atoms with Crippen molar-refractivity contribution in [3.05, 3.63) is 83.9 Å². The van der Waals surface area contributed by atoms with E-state index in [1.165, 1.54) is 0 Å². The van der Waals surface area contributed by atoms with E-state index < -0.39 is 0 Å². The van der Waals surface area contributed by atoms with Crippen molar-refractivity contribution >= 4 is 5.91 Å². The zero-order valence-corrected chi connectivity index (χ0v) is 16.9. The number of ether oxygens (including phenoxy) is 3. The van der Waals surface area contributed by atoms with Gasteiger partial charge in [-0.25, -0.2) is 0 Å². The summed E-state index contributed by atoms with van der Waals surface area (Å²) in [4.78, 5) is 14.7. The summed E-state index contributed by atoms with van der Waals surface area (Å²) in [6.07, 6.45) is 0.699. The fourth-order valence-electron chi connectivity index (χ4n) is 2.99. The molecule has 0 N–H and O–H groups in total. The molecular formula is C24H25NO4. The van der Waals surface area contributed by atoms with Crippen molar-refractivity contribution in [2.75, 3.05) is 27.8 Å². The molecule has 3 aromatic carbocycles. The van der Waals surface area contributed by atoms with Gasteiger partial charge < -0.3 is 19.1 Å². The molecule has 0 bridgehead atoms. The molecular weight excluding hydrogens is 366 g/mol. The summed E-state index contributed by atoms with van der Waals surface area (Å²) in [6.45, 7) is 0.563. The number of carbonyl (C=O) groups is 1. The van der Waals surface area contributed by atoms with E-state index in [-0.39, 0.29) is 5.91 Å². The van der Waals surface area contributed by atoms with E-state index in [2.05, 4.69) is 0 Å². The van der Waals surface area contributed by atoms with Gasteiger partial charge in [0, 0.05) is 13.6 Å². The molecule has 150 valence electrons. The number of benzene rings is 3. The number of nitrogens with zero attached hydrogens (tertiary/aromatic N) is 1. The highest BCUT2D eigenvalue weighted by Gasteiger charge is 2.17. The third-order valence-corrected chi connectivity index (χ3v) is 4.62. The number of methoxy groups -OCH3 is 2. The van der Waals surface area contributed by atoms with Crippen molar-refractivity contribution in [1.82, 2.24) is 4.90 Å². The molecule has 0 radical (unpaired) electrons. The molecule has 3 rings (SSSR count). The zero-order chi connectivity index (χ0) is 20.6. The van der Waals surface area contributed by atoms with Crippen LogP contribution in [0, 0.1) is 0 Å². The first-order valence-corrected chi connectivity index (χ1v) is 9.40. The van der Waals surface area contributed by atoms with Crippen LogP contribution in [-0.2, 0) is 6.42 Å². The predicted octanol–water partition coefficient (Wildman–Crippen LogP) is 4.81. The second-order valence-electron chi connectivity index (χ2n) is 6.58. The molecule has 5 nitrogen and oxygen atoms in total. The van der Waals surface area contributed by atoms with Crippen molar-refractivity contribution in [1.29, 1.82) is 0 Å². The first-order valence-electron chi connectivity index (χ1n) is 9.40. The molecule has 0 fully saturated rings. The molecule has 0 unspecified atom stereocenters. The Hall–Kier alpha value is -3.47. The van der Waals surface area contributed by atoms with Crippen LogP contribution in [0.5, 0.6) is 23.0 Å². The summed E-state index contributed by atoms with van der Waals surface area (Å²) in [5.41, 5.74) is 1.60. The first-order chi connectivity index (χ1) is 14.1. The highest BCUT2D eigenvalue weighted by atomic mass is 16.5. The average Bonchev–Trinajstić information content (AvgIpc) is 2.77. The number of para-hydroxylation sites is 2. The lowest BCUT2D eigenvalue weighted by molar-refractivity contribution is 0.0794. The van der Waals surface area contributed by atoms with Crippen LogP contribution in [0.25, 0.3) is 0 Å². The van der Waals surface area contributed by atoms with Gasteiger partial charge in [0.05, 0.1) is 19.8 Å². The van der Waals surface area contributed by atoms with Crippen molar-refractivity contribution < 1.29 is 19.0 Å². The lowest BCUT2D eigenvalue weighted by Crippen LogP contribution is -2.29. The summed E-state index contributed by atoms with van der Waals surface area (Å²) in [5.74, 6) is 2.52. The quantitative estimate of drug-likeness (QED) is 0.553. The molecule has 5 heteroatoms.